The molecular formula is C18H21NO2. The van der Waals surface area contributed by atoms with E-state index < -0.39 is 6.10 Å². The summed E-state index contributed by atoms with van der Waals surface area (Å²) < 4.78 is 5.62. The molecule has 0 heterocycles. The van der Waals surface area contributed by atoms with Gasteiger partial charge in [-0.25, -0.2) is 0 Å². The van der Waals surface area contributed by atoms with E-state index in [9.17, 15) is 4.79 Å². The molecular weight excluding hydrogens is 262 g/mol. The Morgan fingerprint density at radius 2 is 1.76 bits per heavy atom. The third-order valence-corrected chi connectivity index (χ3v) is 3.26. The predicted molar refractivity (Wildman–Crippen MR) is 84.4 cm³/mol. The van der Waals surface area contributed by atoms with Crippen molar-refractivity contribution in [1.82, 2.24) is 5.32 Å². The summed E-state index contributed by atoms with van der Waals surface area (Å²) in [6, 6.07) is 17.8. The Morgan fingerprint density at radius 3 is 2.43 bits per heavy atom. The SMILES string of the molecule is Cc1ccc(O[C@@H](C)C(=O)NCCc2ccccc2)cc1. The molecule has 0 bridgehead atoms. The summed E-state index contributed by atoms with van der Waals surface area (Å²) in [5, 5.41) is 2.90. The molecule has 0 unspecified atom stereocenters. The molecule has 0 spiro atoms. The minimum absolute atomic E-state index is 0.0912. The van der Waals surface area contributed by atoms with E-state index in [4.69, 9.17) is 4.74 Å². The van der Waals surface area contributed by atoms with Crippen LogP contribution in [0.5, 0.6) is 5.75 Å². The molecule has 1 atom stereocenters. The summed E-state index contributed by atoms with van der Waals surface area (Å²) in [6.45, 7) is 4.39. The van der Waals surface area contributed by atoms with Gasteiger partial charge in [0, 0.05) is 6.54 Å². The zero-order valence-electron chi connectivity index (χ0n) is 12.5. The Kier molecular flexibility index (Phi) is 5.38. The third kappa shape index (κ3) is 4.95. The number of carbonyl (C=O) groups excluding carboxylic acids is 1. The van der Waals surface area contributed by atoms with E-state index in [1.807, 2.05) is 49.4 Å². The first-order chi connectivity index (χ1) is 10.1. The topological polar surface area (TPSA) is 38.3 Å². The number of ether oxygens (including phenoxy) is 1. The highest BCUT2D eigenvalue weighted by atomic mass is 16.5. The molecule has 0 saturated carbocycles. The van der Waals surface area contributed by atoms with E-state index in [1.165, 1.54) is 11.1 Å². The van der Waals surface area contributed by atoms with E-state index in [0.717, 1.165) is 6.42 Å². The average molecular weight is 283 g/mol. The maximum Gasteiger partial charge on any atom is 0.260 e. The zero-order chi connectivity index (χ0) is 15.1. The first-order valence-corrected chi connectivity index (χ1v) is 7.20. The van der Waals surface area contributed by atoms with Crippen LogP contribution in [0.2, 0.25) is 0 Å². The first kappa shape index (κ1) is 15.1. The lowest BCUT2D eigenvalue weighted by atomic mass is 10.1. The van der Waals surface area contributed by atoms with Crippen LogP contribution in [-0.4, -0.2) is 18.6 Å². The number of hydrogen-bond acceptors (Lipinski definition) is 2. The summed E-state index contributed by atoms with van der Waals surface area (Å²) in [4.78, 5) is 12.0. The molecule has 0 aliphatic rings. The second-order valence-corrected chi connectivity index (χ2v) is 5.10. The van der Waals surface area contributed by atoms with Crippen LogP contribution in [0.4, 0.5) is 0 Å². The van der Waals surface area contributed by atoms with Crippen LogP contribution < -0.4 is 10.1 Å². The first-order valence-electron chi connectivity index (χ1n) is 7.20. The van der Waals surface area contributed by atoms with Crippen LogP contribution in [0.15, 0.2) is 54.6 Å². The number of nitrogens with one attached hydrogen (secondary N) is 1. The second kappa shape index (κ2) is 7.48. The maximum atomic E-state index is 12.0. The van der Waals surface area contributed by atoms with Gasteiger partial charge < -0.3 is 10.1 Å². The Balaban J connectivity index is 1.76. The number of carbonyl (C=O) groups is 1. The standard InChI is InChI=1S/C18H21NO2/c1-14-8-10-17(11-9-14)21-15(2)18(20)19-13-12-16-6-4-3-5-7-16/h3-11,15H,12-13H2,1-2H3,(H,19,20)/t15-/m0/s1. The maximum absolute atomic E-state index is 12.0. The minimum Gasteiger partial charge on any atom is -0.481 e. The van der Waals surface area contributed by atoms with Crippen LogP contribution in [0.3, 0.4) is 0 Å². The van der Waals surface area contributed by atoms with Gasteiger partial charge in [0.15, 0.2) is 6.10 Å². The van der Waals surface area contributed by atoms with Gasteiger partial charge in [-0.1, -0.05) is 48.0 Å². The van der Waals surface area contributed by atoms with Gasteiger partial charge in [-0.2, -0.15) is 0 Å². The highest BCUT2D eigenvalue weighted by Crippen LogP contribution is 2.13. The highest BCUT2D eigenvalue weighted by Gasteiger charge is 2.13. The summed E-state index contributed by atoms with van der Waals surface area (Å²) in [5.41, 5.74) is 2.38. The molecule has 0 radical (unpaired) electrons. The number of aryl methyl sites for hydroxylation is 1. The monoisotopic (exact) mass is 283 g/mol. The summed E-state index contributed by atoms with van der Waals surface area (Å²) >= 11 is 0. The van der Waals surface area contributed by atoms with Crippen molar-refractivity contribution in [2.75, 3.05) is 6.54 Å². The summed E-state index contributed by atoms with van der Waals surface area (Å²) in [6.07, 6.45) is 0.326. The van der Waals surface area contributed by atoms with Crippen molar-refractivity contribution in [2.24, 2.45) is 0 Å². The molecule has 110 valence electrons. The number of hydrogen-bond donors (Lipinski definition) is 1. The van der Waals surface area contributed by atoms with Gasteiger partial charge in [-0.15, -0.1) is 0 Å². The van der Waals surface area contributed by atoms with Crippen molar-refractivity contribution < 1.29 is 9.53 Å². The van der Waals surface area contributed by atoms with Crippen molar-refractivity contribution in [2.45, 2.75) is 26.4 Å². The molecule has 3 nitrogen and oxygen atoms in total. The molecule has 0 aromatic heterocycles. The smallest absolute Gasteiger partial charge is 0.260 e. The Morgan fingerprint density at radius 1 is 1.10 bits per heavy atom. The van der Waals surface area contributed by atoms with Crippen LogP contribution >= 0.6 is 0 Å². The Hall–Kier alpha value is -2.29. The van der Waals surface area contributed by atoms with Gasteiger partial charge >= 0.3 is 0 Å². The lowest BCUT2D eigenvalue weighted by Gasteiger charge is -2.14. The van der Waals surface area contributed by atoms with Crippen LogP contribution in [0, 0.1) is 6.92 Å². The van der Waals surface area contributed by atoms with E-state index in [-0.39, 0.29) is 5.91 Å². The largest absolute Gasteiger partial charge is 0.481 e. The fourth-order valence-corrected chi connectivity index (χ4v) is 1.99. The number of rotatable bonds is 6. The van der Waals surface area contributed by atoms with E-state index in [1.54, 1.807) is 6.92 Å². The number of benzene rings is 2. The lowest BCUT2D eigenvalue weighted by molar-refractivity contribution is -0.127. The van der Waals surface area contributed by atoms with Gasteiger partial charge in [-0.3, -0.25) is 4.79 Å². The van der Waals surface area contributed by atoms with Crippen molar-refractivity contribution in [1.29, 1.82) is 0 Å². The average Bonchev–Trinajstić information content (AvgIpc) is 2.50. The highest BCUT2D eigenvalue weighted by molar-refractivity contribution is 5.80. The molecule has 0 saturated heterocycles. The quantitative estimate of drug-likeness (QED) is 0.884. The van der Waals surface area contributed by atoms with Gasteiger partial charge in [0.1, 0.15) is 5.75 Å². The van der Waals surface area contributed by atoms with Crippen LogP contribution in [-0.2, 0) is 11.2 Å². The van der Waals surface area contributed by atoms with Crippen molar-refractivity contribution in [3.8, 4) is 5.75 Å². The Labute approximate surface area is 126 Å². The molecule has 1 amide bonds. The molecule has 2 rings (SSSR count). The van der Waals surface area contributed by atoms with E-state index in [0.29, 0.717) is 12.3 Å². The summed E-state index contributed by atoms with van der Waals surface area (Å²) in [5.74, 6) is 0.623. The number of amides is 1. The third-order valence-electron chi connectivity index (χ3n) is 3.26. The van der Waals surface area contributed by atoms with Gasteiger partial charge in [0.2, 0.25) is 0 Å². The molecule has 2 aromatic rings. The van der Waals surface area contributed by atoms with Gasteiger partial charge in [0.05, 0.1) is 0 Å². The van der Waals surface area contributed by atoms with Crippen LogP contribution in [0.1, 0.15) is 18.1 Å². The van der Waals surface area contributed by atoms with Gasteiger partial charge in [0.25, 0.3) is 5.91 Å². The van der Waals surface area contributed by atoms with E-state index in [2.05, 4.69) is 17.4 Å². The Bertz CT molecular complexity index is 564. The van der Waals surface area contributed by atoms with Crippen molar-refractivity contribution >= 4 is 5.91 Å². The lowest BCUT2D eigenvalue weighted by Crippen LogP contribution is -2.37. The molecule has 2 aromatic carbocycles. The van der Waals surface area contributed by atoms with Crippen LogP contribution in [0.25, 0.3) is 0 Å². The zero-order valence-corrected chi connectivity index (χ0v) is 12.5. The molecule has 1 N–H and O–H groups in total. The summed E-state index contributed by atoms with van der Waals surface area (Å²) in [7, 11) is 0. The van der Waals surface area contributed by atoms with E-state index >= 15 is 0 Å². The fourth-order valence-electron chi connectivity index (χ4n) is 1.99. The predicted octanol–water partition coefficient (Wildman–Crippen LogP) is 3.12. The fraction of sp³-hybridized carbons (Fsp3) is 0.278. The molecule has 0 aliphatic heterocycles. The van der Waals surface area contributed by atoms with Gasteiger partial charge in [-0.05, 0) is 38.0 Å². The van der Waals surface area contributed by atoms with Crippen molar-refractivity contribution in [3.63, 3.8) is 0 Å². The normalized spacial score (nSPS) is 11.7. The minimum atomic E-state index is -0.497. The molecule has 3 heteroatoms. The second-order valence-electron chi connectivity index (χ2n) is 5.10. The van der Waals surface area contributed by atoms with Crippen molar-refractivity contribution in [3.05, 3.63) is 65.7 Å². The molecule has 0 fully saturated rings. The molecule has 21 heavy (non-hydrogen) atoms. The molecule has 0 aliphatic carbocycles.